The Morgan fingerprint density at radius 3 is 2.88 bits per heavy atom. The fourth-order valence-corrected chi connectivity index (χ4v) is 3.72. The Balaban J connectivity index is 1.52. The molecule has 4 rings (SSSR count). The first-order chi connectivity index (χ1) is 12.1. The summed E-state index contributed by atoms with van der Waals surface area (Å²) in [7, 11) is 1.37. The minimum Gasteiger partial charge on any atom is -0.494 e. The normalized spacial score (nSPS) is 20.1. The lowest BCUT2D eigenvalue weighted by Gasteiger charge is -2.12. The number of ether oxygens (including phenoxy) is 1. The molecule has 3 amide bonds. The predicted molar refractivity (Wildman–Crippen MR) is 88.9 cm³/mol. The first-order valence-electron chi connectivity index (χ1n) is 7.96. The van der Waals surface area contributed by atoms with Crippen LogP contribution < -0.4 is 10.1 Å². The standard InChI is InChI=1S/C17H16FN3O3S/c1-24-13-5-4-10(6-11(13)18)15-16(22)21(17(23)20-15)7-14-19-12(8-25-14)9-2-3-9/h4-6,8-9,15H,2-3,7H2,1H3,(H,20,23). The maximum absolute atomic E-state index is 13.9. The Morgan fingerprint density at radius 1 is 1.40 bits per heavy atom. The highest BCUT2D eigenvalue weighted by Crippen LogP contribution is 2.40. The molecule has 6 nitrogen and oxygen atoms in total. The Morgan fingerprint density at radius 2 is 2.20 bits per heavy atom. The van der Waals surface area contributed by atoms with Crippen LogP contribution in [0.1, 0.15) is 41.1 Å². The van der Waals surface area contributed by atoms with Gasteiger partial charge in [-0.25, -0.2) is 14.2 Å². The number of aromatic nitrogens is 1. The fourth-order valence-electron chi connectivity index (χ4n) is 2.86. The smallest absolute Gasteiger partial charge is 0.325 e. The van der Waals surface area contributed by atoms with Crippen LogP contribution in [0.4, 0.5) is 9.18 Å². The van der Waals surface area contributed by atoms with E-state index >= 15 is 0 Å². The number of rotatable bonds is 5. The van der Waals surface area contributed by atoms with Crippen molar-refractivity contribution in [3.05, 3.63) is 45.7 Å². The van der Waals surface area contributed by atoms with E-state index in [9.17, 15) is 14.0 Å². The number of thiazole rings is 1. The molecule has 1 aliphatic heterocycles. The van der Waals surface area contributed by atoms with Crippen molar-refractivity contribution in [2.24, 2.45) is 0 Å². The summed E-state index contributed by atoms with van der Waals surface area (Å²) in [6, 6.07) is 2.84. The summed E-state index contributed by atoms with van der Waals surface area (Å²) in [4.78, 5) is 30.4. The van der Waals surface area contributed by atoms with Crippen molar-refractivity contribution in [3.8, 4) is 5.75 Å². The van der Waals surface area contributed by atoms with Crippen LogP contribution in [-0.4, -0.2) is 28.9 Å². The lowest BCUT2D eigenvalue weighted by molar-refractivity contribution is -0.128. The van der Waals surface area contributed by atoms with Gasteiger partial charge in [0.1, 0.15) is 11.0 Å². The fraction of sp³-hybridized carbons (Fsp3) is 0.353. The molecule has 0 radical (unpaired) electrons. The van der Waals surface area contributed by atoms with Crippen molar-refractivity contribution in [2.45, 2.75) is 31.3 Å². The Hall–Kier alpha value is -2.48. The monoisotopic (exact) mass is 361 g/mol. The molecule has 130 valence electrons. The summed E-state index contributed by atoms with van der Waals surface area (Å²) >= 11 is 1.45. The van der Waals surface area contributed by atoms with E-state index in [2.05, 4.69) is 10.3 Å². The van der Waals surface area contributed by atoms with Gasteiger partial charge in [-0.3, -0.25) is 9.69 Å². The molecule has 2 aromatic rings. The van der Waals surface area contributed by atoms with Crippen LogP contribution in [0.3, 0.4) is 0 Å². The molecule has 1 aromatic carbocycles. The van der Waals surface area contributed by atoms with Gasteiger partial charge in [0.05, 0.1) is 19.3 Å². The average molecular weight is 361 g/mol. The summed E-state index contributed by atoms with van der Waals surface area (Å²) in [5, 5.41) is 5.32. The van der Waals surface area contributed by atoms with Gasteiger partial charge in [0.25, 0.3) is 5.91 Å². The van der Waals surface area contributed by atoms with Gasteiger partial charge in [0, 0.05) is 11.3 Å². The third-order valence-electron chi connectivity index (χ3n) is 4.39. The lowest BCUT2D eigenvalue weighted by atomic mass is 10.1. The molecule has 2 fully saturated rings. The van der Waals surface area contributed by atoms with Crippen molar-refractivity contribution in [1.82, 2.24) is 15.2 Å². The van der Waals surface area contributed by atoms with Gasteiger partial charge < -0.3 is 10.1 Å². The molecule has 2 aliphatic rings. The van der Waals surface area contributed by atoms with Crippen molar-refractivity contribution >= 4 is 23.3 Å². The second kappa shape index (κ2) is 6.11. The highest BCUT2D eigenvalue weighted by atomic mass is 32.1. The zero-order valence-corrected chi connectivity index (χ0v) is 14.3. The molecule has 8 heteroatoms. The number of hydrogen-bond acceptors (Lipinski definition) is 5. The van der Waals surface area contributed by atoms with Gasteiger partial charge in [-0.1, -0.05) is 6.07 Å². The number of halogens is 1. The van der Waals surface area contributed by atoms with E-state index in [1.165, 1.54) is 30.6 Å². The van der Waals surface area contributed by atoms with Gasteiger partial charge in [-0.2, -0.15) is 0 Å². The van der Waals surface area contributed by atoms with E-state index in [1.807, 2.05) is 5.38 Å². The first-order valence-corrected chi connectivity index (χ1v) is 8.84. The van der Waals surface area contributed by atoms with E-state index in [-0.39, 0.29) is 12.3 Å². The van der Waals surface area contributed by atoms with E-state index < -0.39 is 23.8 Å². The van der Waals surface area contributed by atoms with Crippen LogP contribution >= 0.6 is 11.3 Å². The number of benzene rings is 1. The number of hydrogen-bond donors (Lipinski definition) is 1. The van der Waals surface area contributed by atoms with Gasteiger partial charge in [-0.05, 0) is 30.5 Å². The van der Waals surface area contributed by atoms with Crippen LogP contribution in [0.5, 0.6) is 5.75 Å². The molecule has 1 saturated carbocycles. The van der Waals surface area contributed by atoms with E-state index in [0.717, 1.165) is 28.4 Å². The van der Waals surface area contributed by atoms with Crippen molar-refractivity contribution in [2.75, 3.05) is 7.11 Å². The van der Waals surface area contributed by atoms with Crippen LogP contribution in [0.25, 0.3) is 0 Å². The number of imide groups is 1. The maximum Gasteiger partial charge on any atom is 0.325 e. The van der Waals surface area contributed by atoms with Crippen molar-refractivity contribution in [3.63, 3.8) is 0 Å². The number of carbonyl (C=O) groups is 2. The molecule has 2 heterocycles. The first kappa shape index (κ1) is 16.0. The molecule has 1 N–H and O–H groups in total. The molecule has 1 aliphatic carbocycles. The van der Waals surface area contributed by atoms with Gasteiger partial charge in [0.2, 0.25) is 0 Å². The van der Waals surface area contributed by atoms with Gasteiger partial charge in [-0.15, -0.1) is 11.3 Å². The van der Waals surface area contributed by atoms with E-state index in [1.54, 1.807) is 6.07 Å². The van der Waals surface area contributed by atoms with Crippen LogP contribution in [0, 0.1) is 5.82 Å². The van der Waals surface area contributed by atoms with Crippen LogP contribution in [0.2, 0.25) is 0 Å². The van der Waals surface area contributed by atoms with Crippen molar-refractivity contribution < 1.29 is 18.7 Å². The summed E-state index contributed by atoms with van der Waals surface area (Å²) < 4.78 is 18.8. The second-order valence-corrected chi connectivity index (χ2v) is 7.08. The minimum atomic E-state index is -0.893. The van der Waals surface area contributed by atoms with E-state index in [0.29, 0.717) is 11.5 Å². The Labute approximate surface area is 147 Å². The minimum absolute atomic E-state index is 0.0905. The molecule has 1 unspecified atom stereocenters. The molecular weight excluding hydrogens is 345 g/mol. The third kappa shape index (κ3) is 2.97. The number of amides is 3. The number of nitrogens with one attached hydrogen (secondary N) is 1. The molecule has 1 aromatic heterocycles. The number of methoxy groups -OCH3 is 1. The number of urea groups is 1. The summed E-state index contributed by atoms with van der Waals surface area (Å²) in [6.45, 7) is 0.136. The number of nitrogens with zero attached hydrogens (tertiary/aromatic N) is 2. The van der Waals surface area contributed by atoms with E-state index in [4.69, 9.17) is 4.74 Å². The quantitative estimate of drug-likeness (QED) is 0.831. The predicted octanol–water partition coefficient (Wildman–Crippen LogP) is 2.96. The van der Waals surface area contributed by atoms with Crippen LogP contribution in [0.15, 0.2) is 23.6 Å². The highest BCUT2D eigenvalue weighted by Gasteiger charge is 2.39. The molecule has 0 spiro atoms. The SMILES string of the molecule is COc1ccc(C2NC(=O)N(Cc3nc(C4CC4)cs3)C2=O)cc1F. The lowest BCUT2D eigenvalue weighted by Crippen LogP contribution is -2.30. The zero-order valence-electron chi connectivity index (χ0n) is 13.5. The largest absolute Gasteiger partial charge is 0.494 e. The molecule has 1 saturated heterocycles. The number of carbonyl (C=O) groups excluding carboxylic acids is 2. The van der Waals surface area contributed by atoms with Crippen LogP contribution in [-0.2, 0) is 11.3 Å². The average Bonchev–Trinajstić information content (AvgIpc) is 3.29. The Kier molecular flexibility index (Phi) is 3.91. The topological polar surface area (TPSA) is 71.5 Å². The summed E-state index contributed by atoms with van der Waals surface area (Å²) in [5.74, 6) is -0.358. The second-order valence-electron chi connectivity index (χ2n) is 6.14. The van der Waals surface area contributed by atoms with Gasteiger partial charge >= 0.3 is 6.03 Å². The Bertz CT molecular complexity index is 849. The molecule has 25 heavy (non-hydrogen) atoms. The molecule has 1 atom stereocenters. The molecule has 0 bridgehead atoms. The zero-order chi connectivity index (χ0) is 17.6. The highest BCUT2D eigenvalue weighted by molar-refractivity contribution is 7.09. The third-order valence-corrected chi connectivity index (χ3v) is 5.25. The summed E-state index contributed by atoms with van der Waals surface area (Å²) in [6.07, 6.45) is 2.30. The summed E-state index contributed by atoms with van der Waals surface area (Å²) in [5.41, 5.74) is 1.43. The van der Waals surface area contributed by atoms with Crippen molar-refractivity contribution in [1.29, 1.82) is 0 Å². The maximum atomic E-state index is 13.9. The van der Waals surface area contributed by atoms with Gasteiger partial charge in [0.15, 0.2) is 11.6 Å². The molecular formula is C17H16FN3O3S.